The van der Waals surface area contributed by atoms with Crippen molar-refractivity contribution in [3.05, 3.63) is 0 Å². The van der Waals surface area contributed by atoms with Crippen LogP contribution in [0.25, 0.3) is 0 Å². The lowest BCUT2D eigenvalue weighted by Crippen LogP contribution is -2.64. The predicted molar refractivity (Wildman–Crippen MR) is 227 cm³/mol. The van der Waals surface area contributed by atoms with E-state index in [2.05, 4.69) is 70.7 Å². The minimum atomic E-state index is -5.33. The highest BCUT2D eigenvalue weighted by molar-refractivity contribution is 7.59. The summed E-state index contributed by atoms with van der Waals surface area (Å²) < 4.78 is 48.2. The Morgan fingerprint density at radius 3 is 1.54 bits per heavy atom. The third-order valence-corrected chi connectivity index (χ3v) is 9.40. The zero-order chi connectivity index (χ0) is 41.1. The van der Waals surface area contributed by atoms with Crippen LogP contribution in [0.15, 0.2) is 0 Å². The molecule has 0 spiro atoms. The number of ether oxygens (including phenoxy) is 2. The number of rotatable bonds is 24. The minimum absolute atomic E-state index is 0. The molecule has 0 bridgehead atoms. The van der Waals surface area contributed by atoms with Gasteiger partial charge in [-0.15, -0.1) is 0 Å². The summed E-state index contributed by atoms with van der Waals surface area (Å²) in [6, 6.07) is 0. The molecule has 1 fully saturated rings. The first-order chi connectivity index (χ1) is 26.1. The van der Waals surface area contributed by atoms with E-state index in [0.717, 1.165) is 32.1 Å². The number of phosphoric acid groups is 2. The molecule has 5 unspecified atom stereocenters. The van der Waals surface area contributed by atoms with Crippen molar-refractivity contribution in [2.75, 3.05) is 13.2 Å². The molecule has 19 heteroatoms. The van der Waals surface area contributed by atoms with Crippen LogP contribution >= 0.6 is 29.1 Å². The van der Waals surface area contributed by atoms with Crippen molar-refractivity contribution in [2.24, 2.45) is 0 Å². The smallest absolute Gasteiger partial charge is 0.456 e. The maximum absolute atomic E-state index is 12.8. The van der Waals surface area contributed by atoms with Crippen LogP contribution < -0.4 is 0 Å². The zero-order valence-electron chi connectivity index (χ0n) is 31.6. The average Bonchev–Trinajstić information content (AvgIpc) is 3.13. The maximum atomic E-state index is 12.8. The van der Waals surface area contributed by atoms with Crippen molar-refractivity contribution in [2.45, 2.75) is 146 Å². The van der Waals surface area contributed by atoms with E-state index in [-0.39, 0.29) is 32.8 Å². The summed E-state index contributed by atoms with van der Waals surface area (Å²) in [5.41, 5.74) is 0. The monoisotopic (exact) mass is 866 g/mol. The van der Waals surface area contributed by atoms with Crippen LogP contribution in [0.2, 0.25) is 0 Å². The van der Waals surface area contributed by atoms with Crippen LogP contribution in [-0.4, -0.2) is 103 Å². The van der Waals surface area contributed by atoms with Crippen LogP contribution in [0.1, 0.15) is 117 Å². The Hall–Kier alpha value is -2.85. The molecular formula is C37H72O16P2S. The standard InChI is InChI=1S/C37H52O16P2.H2S.9H2/c1-3-5-7-9-11-13-14-15-16-18-20-22-24-26-31(39)51-29(27-49-30(38)25-23-21-19-17-12-10-8-6-4-2)28-50-55(47,48)53-37-34(42)32(40)36(33(41)35(37)43)52-54(44,45)46;;;;;;;;;;/h29,32-37,40-43H,3,5,7,9,11,13-16,18,20,22,24,26-28H2,1-2H3,(H,47,48)(H2,44,45,46);1H2;9*1H/t29-,32+,33?,34?,35+,36?,37?;;;;;;;;;;/m1........../s1. The molecule has 0 heterocycles. The fourth-order valence-electron chi connectivity index (χ4n) is 5.14. The van der Waals surface area contributed by atoms with Crippen LogP contribution in [0.3, 0.4) is 0 Å². The molecule has 0 saturated heterocycles. The molecule has 0 amide bonds. The fourth-order valence-corrected chi connectivity index (χ4v) is 6.68. The van der Waals surface area contributed by atoms with Gasteiger partial charge in [0.2, 0.25) is 0 Å². The molecule has 16 nitrogen and oxygen atoms in total. The van der Waals surface area contributed by atoms with Crippen LogP contribution in [0, 0.1) is 59.2 Å². The Morgan fingerprint density at radius 1 is 0.643 bits per heavy atom. The summed E-state index contributed by atoms with van der Waals surface area (Å²) in [7, 11) is -10.7. The molecule has 0 aromatic heterocycles. The summed E-state index contributed by atoms with van der Waals surface area (Å²) >= 11 is 0. The zero-order valence-corrected chi connectivity index (χ0v) is 34.3. The Bertz CT molecular complexity index is 1630. The largest absolute Gasteiger partial charge is 0.472 e. The van der Waals surface area contributed by atoms with E-state index in [1.54, 1.807) is 6.92 Å². The third kappa shape index (κ3) is 24.7. The van der Waals surface area contributed by atoms with Gasteiger partial charge in [0.05, 0.1) is 6.61 Å². The van der Waals surface area contributed by atoms with Gasteiger partial charge in [0.1, 0.15) is 43.2 Å². The molecule has 7 N–H and O–H groups in total. The molecule has 1 saturated carbocycles. The summed E-state index contributed by atoms with van der Waals surface area (Å²) in [4.78, 5) is 53.1. The van der Waals surface area contributed by atoms with E-state index < -0.39 is 83.5 Å². The molecule has 0 radical (unpaired) electrons. The highest BCUT2D eigenvalue weighted by Crippen LogP contribution is 2.48. The van der Waals surface area contributed by atoms with Gasteiger partial charge in [0.25, 0.3) is 0 Å². The average molecular weight is 867 g/mol. The molecule has 0 aromatic carbocycles. The van der Waals surface area contributed by atoms with Gasteiger partial charge in [-0.1, -0.05) is 89.9 Å². The molecule has 1 rings (SSSR count). The Balaban J connectivity index is -0.000000378. The van der Waals surface area contributed by atoms with Crippen molar-refractivity contribution in [3.63, 3.8) is 0 Å². The third-order valence-electron chi connectivity index (χ3n) is 7.89. The second-order valence-corrected chi connectivity index (χ2v) is 15.0. The van der Waals surface area contributed by atoms with Gasteiger partial charge in [-0.3, -0.25) is 18.4 Å². The van der Waals surface area contributed by atoms with Crippen molar-refractivity contribution in [1.29, 1.82) is 0 Å². The van der Waals surface area contributed by atoms with Gasteiger partial charge >= 0.3 is 27.6 Å². The Labute approximate surface area is 349 Å². The Morgan fingerprint density at radius 2 is 1.07 bits per heavy atom. The lowest BCUT2D eigenvalue weighted by atomic mass is 9.85. The number of phosphoric ester groups is 2. The number of carbonyl (C=O) groups excluding carboxylic acids is 2. The van der Waals surface area contributed by atoms with Gasteiger partial charge in [-0.05, 0) is 60.7 Å². The summed E-state index contributed by atoms with van der Waals surface area (Å²) in [6.07, 6.45) is -0.915. The van der Waals surface area contributed by atoms with Crippen molar-refractivity contribution in [1.82, 2.24) is 0 Å². The van der Waals surface area contributed by atoms with E-state index in [9.17, 15) is 44.0 Å². The quantitative estimate of drug-likeness (QED) is 0.0228. The maximum Gasteiger partial charge on any atom is 0.472 e. The number of hydrogen-bond acceptors (Lipinski definition) is 13. The van der Waals surface area contributed by atoms with Gasteiger partial charge in [-0.25, -0.2) is 13.9 Å². The molecule has 0 aliphatic heterocycles. The van der Waals surface area contributed by atoms with E-state index in [1.807, 2.05) is 0 Å². The minimum Gasteiger partial charge on any atom is -0.456 e. The number of aliphatic hydroxyl groups excluding tert-OH is 4. The van der Waals surface area contributed by atoms with E-state index in [1.165, 1.54) is 44.9 Å². The molecular weight excluding hydrogens is 794 g/mol. The molecule has 1 aliphatic carbocycles. The molecule has 56 heavy (non-hydrogen) atoms. The first-order valence-electron chi connectivity index (χ1n) is 18.0. The highest BCUT2D eigenvalue weighted by Gasteiger charge is 2.54. The van der Waals surface area contributed by atoms with Crippen molar-refractivity contribution in [3.8, 4) is 59.2 Å². The number of esters is 2. The fraction of sp³-hybridized carbons (Fsp3) is 0.676. The predicted octanol–water partition coefficient (Wildman–Crippen LogP) is 4.72. The Kier molecular flexibility index (Phi) is 28.7. The lowest BCUT2D eigenvalue weighted by molar-refractivity contribution is -0.216. The number of unbranched alkanes of at least 4 members (excludes halogenated alkanes) is 12. The van der Waals surface area contributed by atoms with Gasteiger partial charge in [0, 0.05) is 25.2 Å². The van der Waals surface area contributed by atoms with Gasteiger partial charge in [-0.2, -0.15) is 13.5 Å². The second kappa shape index (κ2) is 30.3. The number of carbonyl (C=O) groups is 2. The van der Waals surface area contributed by atoms with Crippen molar-refractivity contribution < 1.29 is 89.7 Å². The lowest BCUT2D eigenvalue weighted by Gasteiger charge is -2.43. The molecule has 8 atom stereocenters. The second-order valence-electron chi connectivity index (χ2n) is 12.4. The van der Waals surface area contributed by atoms with E-state index in [0.29, 0.717) is 6.42 Å². The van der Waals surface area contributed by atoms with E-state index >= 15 is 0 Å². The summed E-state index contributed by atoms with van der Waals surface area (Å²) in [5, 5.41) is 41.1. The van der Waals surface area contributed by atoms with E-state index in [4.69, 9.17) is 28.3 Å². The SMILES string of the molecule is CC#CC#CC#CC#CC#CC(=O)OC[C@H](COP(=O)(O)OC1C(O)[C@H](O)C(OP(=O)(O)O)C(O)[C@@H]1O)OC(=O)CCCCCCCCCCCCCCC.S.[HH].[HH].[HH].[HH].[HH].[HH].[HH].[HH].[HH]. The van der Waals surface area contributed by atoms with Crippen molar-refractivity contribution >= 4 is 41.1 Å². The van der Waals surface area contributed by atoms with Crippen LogP contribution in [-0.2, 0) is 41.8 Å². The number of aliphatic hydroxyl groups is 4. The highest BCUT2D eigenvalue weighted by atomic mass is 32.1. The topological polar surface area (TPSA) is 256 Å². The molecule has 332 valence electrons. The van der Waals surface area contributed by atoms with Gasteiger partial charge < -0.3 is 44.6 Å². The van der Waals surface area contributed by atoms with Gasteiger partial charge in [0.15, 0.2) is 6.10 Å². The normalized spacial score (nSPS) is 21.4. The van der Waals surface area contributed by atoms with Crippen LogP contribution in [0.4, 0.5) is 0 Å². The molecule has 1 aliphatic rings. The van der Waals surface area contributed by atoms with Crippen LogP contribution in [0.5, 0.6) is 0 Å². The number of hydrogen-bond donors (Lipinski definition) is 7. The first kappa shape index (κ1) is 53.1. The summed E-state index contributed by atoms with van der Waals surface area (Å²) in [5.74, 6) is 21.8. The summed E-state index contributed by atoms with van der Waals surface area (Å²) in [6.45, 7) is 2.18. The first-order valence-corrected chi connectivity index (χ1v) is 21.0. The molecule has 0 aromatic rings.